The Labute approximate surface area is 104 Å². The van der Waals surface area contributed by atoms with Crippen LogP contribution in [-0.2, 0) is 6.18 Å². The first-order valence-electron chi connectivity index (χ1n) is 5.40. The highest BCUT2D eigenvalue weighted by atomic mass is 19.4. The molecule has 2 nitrogen and oxygen atoms in total. The Bertz CT molecular complexity index is 440. The van der Waals surface area contributed by atoms with Gasteiger partial charge in [-0.3, -0.25) is 0 Å². The van der Waals surface area contributed by atoms with E-state index in [0.717, 1.165) is 17.7 Å². The molecule has 0 unspecified atom stereocenters. The van der Waals surface area contributed by atoms with Crippen molar-refractivity contribution in [3.63, 3.8) is 0 Å². The molecule has 0 radical (unpaired) electrons. The number of halogens is 3. The SMILES string of the molecule is C=C(C)C[C@@H](N)c1cc(OC)cc(C(F)(F)F)c1. The molecule has 18 heavy (non-hydrogen) atoms. The van der Waals surface area contributed by atoms with Crippen molar-refractivity contribution in [2.75, 3.05) is 7.11 Å². The zero-order valence-corrected chi connectivity index (χ0v) is 10.3. The molecule has 0 aromatic heterocycles. The maximum atomic E-state index is 12.7. The first-order valence-corrected chi connectivity index (χ1v) is 5.40. The summed E-state index contributed by atoms with van der Waals surface area (Å²) in [4.78, 5) is 0. The number of rotatable bonds is 4. The summed E-state index contributed by atoms with van der Waals surface area (Å²) in [7, 11) is 1.32. The van der Waals surface area contributed by atoms with Crippen LogP contribution in [0.2, 0.25) is 0 Å². The van der Waals surface area contributed by atoms with Gasteiger partial charge in [0.2, 0.25) is 0 Å². The van der Waals surface area contributed by atoms with E-state index in [1.807, 2.05) is 0 Å². The number of ether oxygens (including phenoxy) is 1. The van der Waals surface area contributed by atoms with Crippen LogP contribution >= 0.6 is 0 Å². The lowest BCUT2D eigenvalue weighted by atomic mass is 9.99. The van der Waals surface area contributed by atoms with E-state index in [0.29, 0.717) is 12.0 Å². The van der Waals surface area contributed by atoms with Gasteiger partial charge in [0.05, 0.1) is 12.7 Å². The third-order valence-electron chi connectivity index (χ3n) is 2.49. The van der Waals surface area contributed by atoms with E-state index >= 15 is 0 Å². The average Bonchev–Trinajstić information content (AvgIpc) is 2.26. The summed E-state index contributed by atoms with van der Waals surface area (Å²) in [6, 6.07) is 3.01. The highest BCUT2D eigenvalue weighted by molar-refractivity contribution is 5.37. The van der Waals surface area contributed by atoms with Gasteiger partial charge in [-0.2, -0.15) is 13.2 Å². The summed E-state index contributed by atoms with van der Waals surface area (Å²) < 4.78 is 43.0. The predicted molar refractivity (Wildman–Crippen MR) is 64.4 cm³/mol. The van der Waals surface area contributed by atoms with Gasteiger partial charge < -0.3 is 10.5 Å². The maximum Gasteiger partial charge on any atom is 0.416 e. The van der Waals surface area contributed by atoms with Gasteiger partial charge >= 0.3 is 6.18 Å². The van der Waals surface area contributed by atoms with Crippen molar-refractivity contribution in [2.45, 2.75) is 25.6 Å². The fourth-order valence-electron chi connectivity index (χ4n) is 1.61. The van der Waals surface area contributed by atoms with Gasteiger partial charge in [-0.05, 0) is 37.1 Å². The van der Waals surface area contributed by atoms with Crippen LogP contribution in [0.3, 0.4) is 0 Å². The second-order valence-corrected chi connectivity index (χ2v) is 4.26. The zero-order chi connectivity index (χ0) is 13.9. The van der Waals surface area contributed by atoms with Crippen LogP contribution in [0.4, 0.5) is 13.2 Å². The number of methoxy groups -OCH3 is 1. The van der Waals surface area contributed by atoms with Crippen molar-refractivity contribution >= 4 is 0 Å². The highest BCUT2D eigenvalue weighted by Crippen LogP contribution is 2.34. The van der Waals surface area contributed by atoms with Crippen LogP contribution in [-0.4, -0.2) is 7.11 Å². The van der Waals surface area contributed by atoms with Crippen molar-refractivity contribution in [1.82, 2.24) is 0 Å². The van der Waals surface area contributed by atoms with Crippen molar-refractivity contribution in [1.29, 1.82) is 0 Å². The molecule has 0 bridgehead atoms. The minimum atomic E-state index is -4.41. The standard InChI is InChI=1S/C13H16F3NO/c1-8(2)4-12(17)9-5-10(13(14,15)16)7-11(6-9)18-3/h5-7,12H,1,4,17H2,2-3H3/t12-/m1/s1. The molecule has 1 rings (SSSR count). The lowest BCUT2D eigenvalue weighted by Crippen LogP contribution is -2.13. The van der Waals surface area contributed by atoms with Crippen molar-refractivity contribution in [3.05, 3.63) is 41.5 Å². The molecule has 1 atom stereocenters. The Morgan fingerprint density at radius 1 is 1.39 bits per heavy atom. The minimum Gasteiger partial charge on any atom is -0.497 e. The third-order valence-corrected chi connectivity index (χ3v) is 2.49. The normalized spacial score (nSPS) is 13.2. The number of nitrogens with two attached hydrogens (primary N) is 1. The quantitative estimate of drug-likeness (QED) is 0.837. The second kappa shape index (κ2) is 5.44. The number of alkyl halides is 3. The molecule has 2 N–H and O–H groups in total. The molecule has 0 heterocycles. The maximum absolute atomic E-state index is 12.7. The smallest absolute Gasteiger partial charge is 0.416 e. The van der Waals surface area contributed by atoms with Gasteiger partial charge in [-0.15, -0.1) is 6.58 Å². The molecule has 0 amide bonds. The van der Waals surface area contributed by atoms with Gasteiger partial charge in [0, 0.05) is 6.04 Å². The van der Waals surface area contributed by atoms with Crippen molar-refractivity contribution < 1.29 is 17.9 Å². The lowest BCUT2D eigenvalue weighted by molar-refractivity contribution is -0.137. The molecule has 1 aromatic rings. The van der Waals surface area contributed by atoms with Gasteiger partial charge in [0.25, 0.3) is 0 Å². The van der Waals surface area contributed by atoms with E-state index in [2.05, 4.69) is 6.58 Å². The van der Waals surface area contributed by atoms with Gasteiger partial charge in [0.15, 0.2) is 0 Å². The molecule has 0 saturated heterocycles. The van der Waals surface area contributed by atoms with E-state index in [9.17, 15) is 13.2 Å². The number of hydrogen-bond donors (Lipinski definition) is 1. The first kappa shape index (κ1) is 14.6. The summed E-state index contributed by atoms with van der Waals surface area (Å²) >= 11 is 0. The largest absolute Gasteiger partial charge is 0.497 e. The topological polar surface area (TPSA) is 35.2 Å². The molecular formula is C13H16F3NO. The summed E-state index contributed by atoms with van der Waals surface area (Å²) in [5.74, 6) is 0.150. The molecule has 1 aromatic carbocycles. The molecule has 0 aliphatic heterocycles. The van der Waals surface area contributed by atoms with E-state index in [-0.39, 0.29) is 5.75 Å². The summed E-state index contributed by atoms with van der Waals surface area (Å²) in [5, 5.41) is 0. The predicted octanol–water partition coefficient (Wildman–Crippen LogP) is 3.68. The summed E-state index contributed by atoms with van der Waals surface area (Å²) in [6.07, 6.45) is -3.98. The van der Waals surface area contributed by atoms with E-state index in [1.165, 1.54) is 13.2 Å². The first-order chi connectivity index (χ1) is 8.24. The Morgan fingerprint density at radius 3 is 2.44 bits per heavy atom. The van der Waals surface area contributed by atoms with E-state index in [1.54, 1.807) is 6.92 Å². The molecule has 0 aliphatic carbocycles. The van der Waals surface area contributed by atoms with Crippen LogP contribution in [0.15, 0.2) is 30.4 Å². The minimum absolute atomic E-state index is 0.150. The van der Waals surface area contributed by atoms with Gasteiger partial charge in [-0.1, -0.05) is 5.57 Å². The average molecular weight is 259 g/mol. The lowest BCUT2D eigenvalue weighted by Gasteiger charge is -2.16. The molecule has 0 fully saturated rings. The monoisotopic (exact) mass is 259 g/mol. The van der Waals surface area contributed by atoms with Crippen LogP contribution < -0.4 is 10.5 Å². The van der Waals surface area contributed by atoms with Crippen molar-refractivity contribution in [2.24, 2.45) is 5.73 Å². The summed E-state index contributed by atoms with van der Waals surface area (Å²) in [5.41, 5.74) is 6.30. The molecule has 100 valence electrons. The van der Waals surface area contributed by atoms with E-state index < -0.39 is 17.8 Å². The fraction of sp³-hybridized carbons (Fsp3) is 0.385. The zero-order valence-electron chi connectivity index (χ0n) is 10.3. The Morgan fingerprint density at radius 2 is 2.00 bits per heavy atom. The van der Waals surface area contributed by atoms with E-state index in [4.69, 9.17) is 10.5 Å². The Hall–Kier alpha value is -1.49. The number of benzene rings is 1. The van der Waals surface area contributed by atoms with Crippen molar-refractivity contribution in [3.8, 4) is 5.75 Å². The number of hydrogen-bond acceptors (Lipinski definition) is 2. The van der Waals surface area contributed by atoms with Gasteiger partial charge in [0.1, 0.15) is 5.75 Å². The Kier molecular flexibility index (Phi) is 4.40. The molecule has 0 saturated carbocycles. The molecular weight excluding hydrogens is 243 g/mol. The Balaban J connectivity index is 3.15. The molecule has 0 aliphatic rings. The highest BCUT2D eigenvalue weighted by Gasteiger charge is 2.31. The summed E-state index contributed by atoms with van der Waals surface area (Å²) in [6.45, 7) is 5.48. The van der Waals surface area contributed by atoms with Crippen LogP contribution in [0.25, 0.3) is 0 Å². The second-order valence-electron chi connectivity index (χ2n) is 4.26. The fourth-order valence-corrected chi connectivity index (χ4v) is 1.61. The third kappa shape index (κ3) is 3.77. The van der Waals surface area contributed by atoms with Crippen LogP contribution in [0.1, 0.15) is 30.5 Å². The van der Waals surface area contributed by atoms with Gasteiger partial charge in [-0.25, -0.2) is 0 Å². The molecule has 0 spiro atoms. The molecule has 5 heteroatoms. The van der Waals surface area contributed by atoms with Crippen LogP contribution in [0.5, 0.6) is 5.75 Å². The van der Waals surface area contributed by atoms with Crippen LogP contribution in [0, 0.1) is 0 Å².